The van der Waals surface area contributed by atoms with Crippen molar-refractivity contribution in [3.8, 4) is 11.1 Å². The molecule has 3 nitrogen and oxygen atoms in total. The topological polar surface area (TPSA) is 43.0 Å². The SMILES string of the molecule is C=C(/C=C\C=C/C)c1cc(-c2ccc3c(c2)c2ccccc2n3/C(N)=C/C(=C\Cc2ccccc2)c2ccccc2)ccc1Nc1ccccc1. The average molecular weight is 660 g/mol. The minimum atomic E-state index is 0.667. The van der Waals surface area contributed by atoms with Gasteiger partial charge in [-0.3, -0.25) is 4.57 Å². The first-order valence-corrected chi connectivity index (χ1v) is 17.3. The number of aromatic nitrogens is 1. The van der Waals surface area contributed by atoms with Crippen LogP contribution in [0.3, 0.4) is 0 Å². The van der Waals surface area contributed by atoms with Gasteiger partial charge < -0.3 is 11.1 Å². The van der Waals surface area contributed by atoms with Gasteiger partial charge in [-0.25, -0.2) is 0 Å². The molecule has 0 atom stereocenters. The van der Waals surface area contributed by atoms with Crippen molar-refractivity contribution in [2.75, 3.05) is 5.32 Å². The van der Waals surface area contributed by atoms with Crippen molar-refractivity contribution in [2.24, 2.45) is 5.73 Å². The Morgan fingerprint density at radius 3 is 2.10 bits per heavy atom. The quantitative estimate of drug-likeness (QED) is 0.136. The van der Waals surface area contributed by atoms with E-state index in [9.17, 15) is 0 Å². The fraction of sp³-hybridized carbons (Fsp3) is 0.0417. The first-order valence-electron chi connectivity index (χ1n) is 17.3. The molecule has 1 heterocycles. The second-order valence-electron chi connectivity index (χ2n) is 12.5. The van der Waals surface area contributed by atoms with Crippen LogP contribution < -0.4 is 11.1 Å². The molecule has 248 valence electrons. The van der Waals surface area contributed by atoms with E-state index in [0.717, 1.165) is 73.0 Å². The molecule has 7 aromatic rings. The summed E-state index contributed by atoms with van der Waals surface area (Å²) in [6.07, 6.45) is 13.3. The Morgan fingerprint density at radius 1 is 0.686 bits per heavy atom. The highest BCUT2D eigenvalue weighted by Crippen LogP contribution is 2.37. The molecule has 0 fully saturated rings. The molecule has 51 heavy (non-hydrogen) atoms. The van der Waals surface area contributed by atoms with Crippen molar-refractivity contribution in [1.82, 2.24) is 4.57 Å². The van der Waals surface area contributed by atoms with Crippen molar-refractivity contribution in [3.63, 3.8) is 0 Å². The number of nitrogens with two attached hydrogens (primary N) is 1. The van der Waals surface area contributed by atoms with Crippen LogP contribution in [0.15, 0.2) is 195 Å². The molecule has 0 amide bonds. The zero-order chi connectivity index (χ0) is 35.0. The zero-order valence-corrected chi connectivity index (χ0v) is 28.8. The van der Waals surface area contributed by atoms with Crippen LogP contribution in [0.2, 0.25) is 0 Å². The van der Waals surface area contributed by atoms with Crippen LogP contribution >= 0.6 is 0 Å². The van der Waals surface area contributed by atoms with Gasteiger partial charge in [0, 0.05) is 27.7 Å². The second-order valence-corrected chi connectivity index (χ2v) is 12.5. The highest BCUT2D eigenvalue weighted by atomic mass is 15.1. The van der Waals surface area contributed by atoms with E-state index in [2.05, 4.69) is 162 Å². The van der Waals surface area contributed by atoms with E-state index in [0.29, 0.717) is 5.82 Å². The molecule has 0 aliphatic heterocycles. The van der Waals surface area contributed by atoms with Crippen molar-refractivity contribution >= 4 is 50.1 Å². The van der Waals surface area contributed by atoms with E-state index in [4.69, 9.17) is 5.73 Å². The molecular formula is C48H41N3. The maximum Gasteiger partial charge on any atom is 0.108 e. The van der Waals surface area contributed by atoms with Gasteiger partial charge in [0.05, 0.1) is 11.0 Å². The van der Waals surface area contributed by atoms with Gasteiger partial charge in [0.25, 0.3) is 0 Å². The van der Waals surface area contributed by atoms with E-state index in [-0.39, 0.29) is 0 Å². The standard InChI is InChI=1S/C48H41N3/c1-3-4-8-17-35(2)43-32-38(28-30-45(43)50-41-22-13-7-14-23-41)39-29-31-47-44(33-39)42-24-15-16-25-46(42)51(47)48(49)34-40(37-20-11-6-12-21-37)27-26-36-18-9-5-10-19-36/h3-25,27-34,50H,2,26,49H2,1H3/b4-3-,17-8-,40-27+,48-34+. The van der Waals surface area contributed by atoms with Crippen molar-refractivity contribution in [2.45, 2.75) is 13.3 Å². The molecule has 0 aliphatic carbocycles. The van der Waals surface area contributed by atoms with Crippen LogP contribution in [0.1, 0.15) is 23.6 Å². The zero-order valence-electron chi connectivity index (χ0n) is 28.8. The lowest BCUT2D eigenvalue weighted by molar-refractivity contribution is 1.18. The van der Waals surface area contributed by atoms with Crippen LogP contribution in [0.4, 0.5) is 11.4 Å². The Hall–Kier alpha value is -6.58. The summed E-state index contributed by atoms with van der Waals surface area (Å²) in [5, 5.41) is 5.90. The minimum Gasteiger partial charge on any atom is -0.385 e. The van der Waals surface area contributed by atoms with Crippen LogP contribution in [0.25, 0.3) is 49.9 Å². The molecule has 0 unspecified atom stereocenters. The average Bonchev–Trinajstić information content (AvgIpc) is 3.51. The number of hydrogen-bond donors (Lipinski definition) is 2. The van der Waals surface area contributed by atoms with Gasteiger partial charge in [-0.05, 0) is 95.3 Å². The number of rotatable bonds is 11. The van der Waals surface area contributed by atoms with Gasteiger partial charge in [-0.15, -0.1) is 0 Å². The van der Waals surface area contributed by atoms with E-state index >= 15 is 0 Å². The predicted octanol–water partition coefficient (Wildman–Crippen LogP) is 12.4. The minimum absolute atomic E-state index is 0.667. The molecular weight excluding hydrogens is 619 g/mol. The van der Waals surface area contributed by atoms with Gasteiger partial charge in [0.1, 0.15) is 5.82 Å². The third-order valence-electron chi connectivity index (χ3n) is 9.09. The maximum absolute atomic E-state index is 7.07. The number of nitrogens with one attached hydrogen (secondary N) is 1. The highest BCUT2D eigenvalue weighted by molar-refractivity contribution is 6.11. The predicted molar refractivity (Wildman–Crippen MR) is 221 cm³/mol. The molecule has 0 spiro atoms. The summed E-state index contributed by atoms with van der Waals surface area (Å²) in [4.78, 5) is 0. The smallest absolute Gasteiger partial charge is 0.108 e. The summed E-state index contributed by atoms with van der Waals surface area (Å²) in [5.41, 5.74) is 18.9. The fourth-order valence-corrected chi connectivity index (χ4v) is 6.54. The monoisotopic (exact) mass is 659 g/mol. The van der Waals surface area contributed by atoms with Gasteiger partial charge in [0.15, 0.2) is 0 Å². The number of anilines is 2. The number of nitrogens with zero attached hydrogens (tertiary/aromatic N) is 1. The fourth-order valence-electron chi connectivity index (χ4n) is 6.54. The van der Waals surface area contributed by atoms with Crippen molar-refractivity contribution in [3.05, 3.63) is 211 Å². The van der Waals surface area contributed by atoms with Gasteiger partial charge in [-0.1, -0.05) is 146 Å². The number of hydrogen-bond acceptors (Lipinski definition) is 2. The molecule has 6 aromatic carbocycles. The van der Waals surface area contributed by atoms with E-state index < -0.39 is 0 Å². The molecule has 0 radical (unpaired) electrons. The lowest BCUT2D eigenvalue weighted by Crippen LogP contribution is -2.06. The number of benzene rings is 6. The number of para-hydroxylation sites is 2. The Kier molecular flexibility index (Phi) is 9.89. The van der Waals surface area contributed by atoms with Crippen LogP contribution in [0, 0.1) is 0 Å². The number of allylic oxidation sites excluding steroid dienone is 8. The van der Waals surface area contributed by atoms with Gasteiger partial charge in [0.2, 0.25) is 0 Å². The maximum atomic E-state index is 7.07. The van der Waals surface area contributed by atoms with Crippen molar-refractivity contribution in [1.29, 1.82) is 0 Å². The molecule has 0 aliphatic rings. The summed E-state index contributed by atoms with van der Waals surface area (Å²) in [6, 6.07) is 52.9. The summed E-state index contributed by atoms with van der Waals surface area (Å²) < 4.78 is 2.18. The normalized spacial score (nSPS) is 12.3. The van der Waals surface area contributed by atoms with Crippen molar-refractivity contribution < 1.29 is 0 Å². The molecule has 0 bridgehead atoms. The molecule has 0 saturated carbocycles. The second kappa shape index (κ2) is 15.3. The third-order valence-corrected chi connectivity index (χ3v) is 9.09. The summed E-state index contributed by atoms with van der Waals surface area (Å²) in [5.74, 6) is 0.667. The van der Waals surface area contributed by atoms with Gasteiger partial charge >= 0.3 is 0 Å². The highest BCUT2D eigenvalue weighted by Gasteiger charge is 2.15. The Morgan fingerprint density at radius 2 is 1.33 bits per heavy atom. The van der Waals surface area contributed by atoms with E-state index in [1.807, 2.05) is 49.4 Å². The lowest BCUT2D eigenvalue weighted by Gasteiger charge is -2.15. The summed E-state index contributed by atoms with van der Waals surface area (Å²) in [6.45, 7) is 6.45. The Balaban J connectivity index is 1.31. The Labute approximate surface area is 300 Å². The van der Waals surface area contributed by atoms with E-state index in [1.54, 1.807) is 0 Å². The molecule has 1 aromatic heterocycles. The van der Waals surface area contributed by atoms with Crippen LogP contribution in [-0.4, -0.2) is 4.57 Å². The van der Waals surface area contributed by atoms with E-state index in [1.165, 1.54) is 5.56 Å². The largest absolute Gasteiger partial charge is 0.385 e. The molecule has 7 rings (SSSR count). The molecule has 3 N–H and O–H groups in total. The van der Waals surface area contributed by atoms with Crippen LogP contribution in [0.5, 0.6) is 0 Å². The van der Waals surface area contributed by atoms with Gasteiger partial charge in [-0.2, -0.15) is 0 Å². The molecule has 0 saturated heterocycles. The first kappa shape index (κ1) is 32.9. The molecule has 3 heteroatoms. The number of fused-ring (bicyclic) bond motifs is 3. The Bertz CT molecular complexity index is 2430. The first-order chi connectivity index (χ1) is 25.1. The lowest BCUT2D eigenvalue weighted by atomic mass is 9.96. The summed E-state index contributed by atoms with van der Waals surface area (Å²) in [7, 11) is 0. The summed E-state index contributed by atoms with van der Waals surface area (Å²) >= 11 is 0. The third kappa shape index (κ3) is 7.39. The van der Waals surface area contributed by atoms with Crippen LogP contribution in [-0.2, 0) is 6.42 Å².